The van der Waals surface area contributed by atoms with Crippen molar-refractivity contribution in [2.24, 2.45) is 0 Å². The summed E-state index contributed by atoms with van der Waals surface area (Å²) in [6, 6.07) is 15.0. The summed E-state index contributed by atoms with van der Waals surface area (Å²) in [4.78, 5) is 29.0. The van der Waals surface area contributed by atoms with Gasteiger partial charge < -0.3 is 15.4 Å². The summed E-state index contributed by atoms with van der Waals surface area (Å²) in [7, 11) is 1.58. The second-order valence-corrected chi connectivity index (χ2v) is 8.49. The number of thiazole rings is 1. The molecule has 3 aromatic rings. The van der Waals surface area contributed by atoms with Crippen LogP contribution in [0, 0.1) is 0 Å². The fraction of sp³-hybridized carbons (Fsp3) is 0.227. The molecule has 0 unspecified atom stereocenters. The van der Waals surface area contributed by atoms with Crippen LogP contribution in [0.2, 0.25) is 0 Å². The highest BCUT2D eigenvalue weighted by Crippen LogP contribution is 2.24. The van der Waals surface area contributed by atoms with E-state index in [1.165, 1.54) is 23.1 Å². The van der Waals surface area contributed by atoms with Crippen LogP contribution in [0.15, 0.2) is 58.3 Å². The van der Waals surface area contributed by atoms with Crippen LogP contribution in [0.3, 0.4) is 0 Å². The van der Waals surface area contributed by atoms with Crippen molar-refractivity contribution in [2.75, 3.05) is 23.5 Å². The second-order valence-electron chi connectivity index (χ2n) is 6.41. The molecule has 2 aromatic carbocycles. The summed E-state index contributed by atoms with van der Waals surface area (Å²) in [6.45, 7) is 2.05. The fourth-order valence-electron chi connectivity index (χ4n) is 2.77. The number of para-hydroxylation sites is 1. The Morgan fingerprint density at radius 3 is 2.73 bits per heavy atom. The third-order valence-corrected chi connectivity index (χ3v) is 6.29. The first-order chi connectivity index (χ1) is 14.6. The van der Waals surface area contributed by atoms with E-state index in [1.807, 2.05) is 47.8 Å². The van der Waals surface area contributed by atoms with Crippen LogP contribution in [0.4, 0.5) is 11.4 Å². The lowest BCUT2D eigenvalue weighted by molar-refractivity contribution is -0.116. The number of thioether (sulfide) groups is 1. The van der Waals surface area contributed by atoms with E-state index in [9.17, 15) is 9.59 Å². The molecule has 1 aromatic heterocycles. The van der Waals surface area contributed by atoms with E-state index < -0.39 is 0 Å². The normalized spacial score (nSPS) is 10.5. The highest BCUT2D eigenvalue weighted by atomic mass is 32.2. The van der Waals surface area contributed by atoms with Crippen LogP contribution < -0.4 is 15.4 Å². The Labute approximate surface area is 184 Å². The largest absolute Gasteiger partial charge is 0.497 e. The molecule has 2 amide bonds. The van der Waals surface area contributed by atoms with Gasteiger partial charge in [0.15, 0.2) is 4.34 Å². The van der Waals surface area contributed by atoms with Crippen molar-refractivity contribution in [3.8, 4) is 5.75 Å². The molecule has 0 aliphatic carbocycles. The number of amides is 2. The zero-order valence-electron chi connectivity index (χ0n) is 16.8. The number of ether oxygens (including phenoxy) is 1. The van der Waals surface area contributed by atoms with Crippen molar-refractivity contribution in [1.29, 1.82) is 0 Å². The fourth-order valence-corrected chi connectivity index (χ4v) is 4.42. The molecule has 1 heterocycles. The molecule has 0 atom stereocenters. The van der Waals surface area contributed by atoms with Crippen molar-refractivity contribution in [1.82, 2.24) is 4.98 Å². The third kappa shape index (κ3) is 6.33. The van der Waals surface area contributed by atoms with Crippen LogP contribution in [0.25, 0.3) is 0 Å². The first-order valence-corrected chi connectivity index (χ1v) is 11.3. The van der Waals surface area contributed by atoms with E-state index in [4.69, 9.17) is 4.74 Å². The Balaban J connectivity index is 1.48. The first-order valence-electron chi connectivity index (χ1n) is 9.46. The van der Waals surface area contributed by atoms with E-state index in [0.717, 1.165) is 22.0 Å². The molecule has 0 aliphatic rings. The summed E-state index contributed by atoms with van der Waals surface area (Å²) in [5, 5.41) is 7.64. The molecular weight excluding hydrogens is 418 g/mol. The molecule has 0 spiro atoms. The minimum absolute atomic E-state index is 0.103. The quantitative estimate of drug-likeness (QED) is 0.474. The van der Waals surface area contributed by atoms with E-state index in [-0.39, 0.29) is 24.0 Å². The van der Waals surface area contributed by atoms with Crippen molar-refractivity contribution >= 4 is 46.3 Å². The number of aromatic nitrogens is 1. The van der Waals surface area contributed by atoms with Gasteiger partial charge in [-0.2, -0.15) is 0 Å². The number of rotatable bonds is 9. The Kier molecular flexibility index (Phi) is 7.87. The Hall–Kier alpha value is -2.84. The summed E-state index contributed by atoms with van der Waals surface area (Å²) < 4.78 is 5.91. The number of aryl methyl sites for hydroxylation is 1. The van der Waals surface area contributed by atoms with Gasteiger partial charge in [0.1, 0.15) is 5.75 Å². The van der Waals surface area contributed by atoms with Gasteiger partial charge in [0.05, 0.1) is 25.0 Å². The molecule has 8 heteroatoms. The Morgan fingerprint density at radius 2 is 1.93 bits per heavy atom. The van der Waals surface area contributed by atoms with Gasteiger partial charge in [-0.3, -0.25) is 9.59 Å². The smallest absolute Gasteiger partial charge is 0.234 e. The predicted molar refractivity (Wildman–Crippen MR) is 123 cm³/mol. The summed E-state index contributed by atoms with van der Waals surface area (Å²) in [5.41, 5.74) is 3.32. The molecule has 0 aliphatic heterocycles. The average molecular weight is 442 g/mol. The number of methoxy groups -OCH3 is 1. The van der Waals surface area contributed by atoms with Gasteiger partial charge in [0, 0.05) is 22.8 Å². The molecule has 3 rings (SSSR count). The lowest BCUT2D eigenvalue weighted by atomic mass is 10.1. The standard InChI is InChI=1S/C22H23N3O3S2/c1-3-15-7-4-5-10-19(15)25-20(26)12-17-13-29-22(24-17)30-14-21(27)23-16-8-6-9-18(11-16)28-2/h4-11,13H,3,12,14H2,1-2H3,(H,23,27)(H,25,26). The number of nitrogens with one attached hydrogen (secondary N) is 2. The van der Waals surface area contributed by atoms with Gasteiger partial charge in [-0.05, 0) is 30.2 Å². The number of carbonyl (C=O) groups is 2. The first kappa shape index (κ1) is 21.9. The molecule has 0 bridgehead atoms. The molecule has 30 heavy (non-hydrogen) atoms. The topological polar surface area (TPSA) is 80.3 Å². The van der Waals surface area contributed by atoms with E-state index >= 15 is 0 Å². The maximum atomic E-state index is 12.4. The molecule has 6 nitrogen and oxygen atoms in total. The van der Waals surface area contributed by atoms with Gasteiger partial charge in [-0.25, -0.2) is 4.98 Å². The Morgan fingerprint density at radius 1 is 1.10 bits per heavy atom. The predicted octanol–water partition coefficient (Wildman–Crippen LogP) is 4.63. The number of nitrogens with zero attached hydrogens (tertiary/aromatic N) is 1. The maximum absolute atomic E-state index is 12.4. The number of hydrogen-bond acceptors (Lipinski definition) is 6. The third-order valence-electron chi connectivity index (χ3n) is 4.22. The number of anilines is 2. The molecule has 0 saturated heterocycles. The summed E-state index contributed by atoms with van der Waals surface area (Å²) in [5.74, 6) is 0.692. The van der Waals surface area contributed by atoms with E-state index in [1.54, 1.807) is 13.2 Å². The van der Waals surface area contributed by atoms with Crippen LogP contribution in [0.1, 0.15) is 18.2 Å². The minimum Gasteiger partial charge on any atom is -0.497 e. The zero-order chi connectivity index (χ0) is 21.3. The number of benzene rings is 2. The van der Waals surface area contributed by atoms with Crippen LogP contribution in [-0.2, 0) is 22.4 Å². The molecule has 0 fully saturated rings. The van der Waals surface area contributed by atoms with Crippen LogP contribution in [0.5, 0.6) is 5.75 Å². The Bertz CT molecular complexity index is 1020. The number of carbonyl (C=O) groups excluding carboxylic acids is 2. The monoisotopic (exact) mass is 441 g/mol. The summed E-state index contributed by atoms with van der Waals surface area (Å²) >= 11 is 2.78. The van der Waals surface area contributed by atoms with E-state index in [2.05, 4.69) is 22.5 Å². The van der Waals surface area contributed by atoms with Crippen LogP contribution in [-0.4, -0.2) is 29.7 Å². The van der Waals surface area contributed by atoms with Gasteiger partial charge >= 0.3 is 0 Å². The van der Waals surface area contributed by atoms with Crippen molar-refractivity contribution < 1.29 is 14.3 Å². The lowest BCUT2D eigenvalue weighted by Gasteiger charge is -2.08. The highest BCUT2D eigenvalue weighted by Gasteiger charge is 2.11. The SMILES string of the molecule is CCc1ccccc1NC(=O)Cc1csc(SCC(=O)Nc2cccc(OC)c2)n1. The summed E-state index contributed by atoms with van der Waals surface area (Å²) in [6.07, 6.45) is 1.05. The minimum atomic E-state index is -0.126. The highest BCUT2D eigenvalue weighted by molar-refractivity contribution is 8.01. The lowest BCUT2D eigenvalue weighted by Crippen LogP contribution is -2.15. The van der Waals surface area contributed by atoms with Crippen molar-refractivity contribution in [3.63, 3.8) is 0 Å². The average Bonchev–Trinajstić information content (AvgIpc) is 3.20. The van der Waals surface area contributed by atoms with Crippen LogP contribution >= 0.6 is 23.1 Å². The van der Waals surface area contributed by atoms with Crippen molar-refractivity contribution in [3.05, 3.63) is 65.2 Å². The zero-order valence-corrected chi connectivity index (χ0v) is 18.4. The molecule has 0 saturated carbocycles. The molecular formula is C22H23N3O3S2. The van der Waals surface area contributed by atoms with Gasteiger partial charge in [-0.15, -0.1) is 11.3 Å². The van der Waals surface area contributed by atoms with Gasteiger partial charge in [0.25, 0.3) is 0 Å². The van der Waals surface area contributed by atoms with Crippen molar-refractivity contribution in [2.45, 2.75) is 24.1 Å². The number of hydrogen-bond donors (Lipinski definition) is 2. The van der Waals surface area contributed by atoms with Gasteiger partial charge in [-0.1, -0.05) is 43.0 Å². The van der Waals surface area contributed by atoms with E-state index in [0.29, 0.717) is 17.1 Å². The molecule has 0 radical (unpaired) electrons. The molecule has 156 valence electrons. The maximum Gasteiger partial charge on any atom is 0.234 e. The second kappa shape index (κ2) is 10.8. The molecule has 2 N–H and O–H groups in total. The van der Waals surface area contributed by atoms with Gasteiger partial charge in [0.2, 0.25) is 11.8 Å².